The molecule has 0 aliphatic heterocycles. The van der Waals surface area contributed by atoms with Gasteiger partial charge in [0.2, 0.25) is 0 Å². The molecule has 2 aromatic heterocycles. The van der Waals surface area contributed by atoms with E-state index in [-0.39, 0.29) is 5.69 Å². The van der Waals surface area contributed by atoms with Gasteiger partial charge in [-0.1, -0.05) is 6.07 Å². The first-order valence-electron chi connectivity index (χ1n) is 6.05. The minimum absolute atomic E-state index is 0.187. The van der Waals surface area contributed by atoms with Crippen molar-refractivity contribution in [3.63, 3.8) is 0 Å². The first-order valence-corrected chi connectivity index (χ1v) is 6.05. The molecule has 21 heavy (non-hydrogen) atoms. The molecule has 0 radical (unpaired) electrons. The fourth-order valence-electron chi connectivity index (χ4n) is 2.25. The smallest absolute Gasteiger partial charge is 0.282 e. The van der Waals surface area contributed by atoms with Crippen LogP contribution < -0.4 is 0 Å². The maximum atomic E-state index is 13.7. The van der Waals surface area contributed by atoms with Crippen LogP contribution in [-0.2, 0) is 0 Å². The number of rotatable bonds is 2. The van der Waals surface area contributed by atoms with Gasteiger partial charge in [-0.15, -0.1) is 0 Å². The van der Waals surface area contributed by atoms with Crippen molar-refractivity contribution in [2.75, 3.05) is 0 Å². The van der Waals surface area contributed by atoms with Crippen molar-refractivity contribution in [1.82, 2.24) is 9.55 Å². The monoisotopic (exact) mass is 287 g/mol. The third kappa shape index (κ3) is 2.23. The van der Waals surface area contributed by atoms with Gasteiger partial charge in [-0.05, 0) is 24.3 Å². The molecule has 1 aromatic carbocycles. The average molecular weight is 287 g/mol. The van der Waals surface area contributed by atoms with E-state index in [1.807, 2.05) is 0 Å². The van der Waals surface area contributed by atoms with Gasteiger partial charge in [-0.3, -0.25) is 9.55 Å². The second kappa shape index (κ2) is 4.94. The number of nitriles is 1. The van der Waals surface area contributed by atoms with E-state index in [0.717, 1.165) is 6.20 Å². The lowest BCUT2D eigenvalue weighted by Gasteiger charge is -2.04. The van der Waals surface area contributed by atoms with Crippen LogP contribution in [0.3, 0.4) is 0 Å². The number of pyridine rings is 1. The molecule has 0 N–H and O–H groups in total. The maximum absolute atomic E-state index is 13.7. The lowest BCUT2D eigenvalue weighted by atomic mass is 10.0. The highest BCUT2D eigenvalue weighted by Crippen LogP contribution is 2.31. The normalized spacial score (nSPS) is 11.0. The van der Waals surface area contributed by atoms with Crippen molar-refractivity contribution < 1.29 is 13.2 Å². The SMILES string of the molecule is N#Cc1cc(-c2cc(F)cc3cccnc23)cn1C(F)F. The molecular weight excluding hydrogens is 279 g/mol. The molecule has 6 heteroatoms. The van der Waals surface area contributed by atoms with Gasteiger partial charge in [0.15, 0.2) is 0 Å². The molecule has 3 rings (SSSR count). The fraction of sp³-hybridized carbons (Fsp3) is 0.0667. The van der Waals surface area contributed by atoms with Crippen molar-refractivity contribution in [3.05, 3.63) is 54.2 Å². The van der Waals surface area contributed by atoms with E-state index < -0.39 is 12.4 Å². The molecule has 0 aliphatic carbocycles. The van der Waals surface area contributed by atoms with Crippen molar-refractivity contribution in [2.45, 2.75) is 6.55 Å². The zero-order valence-corrected chi connectivity index (χ0v) is 10.6. The summed E-state index contributed by atoms with van der Waals surface area (Å²) in [6.07, 6.45) is 2.67. The Balaban J connectivity index is 2.28. The van der Waals surface area contributed by atoms with E-state index >= 15 is 0 Å². The van der Waals surface area contributed by atoms with Crippen molar-refractivity contribution in [2.24, 2.45) is 0 Å². The average Bonchev–Trinajstić information content (AvgIpc) is 2.90. The zero-order valence-electron chi connectivity index (χ0n) is 10.6. The van der Waals surface area contributed by atoms with Crippen LogP contribution in [0.4, 0.5) is 13.2 Å². The van der Waals surface area contributed by atoms with E-state index in [2.05, 4.69) is 4.98 Å². The number of aromatic nitrogens is 2. The van der Waals surface area contributed by atoms with E-state index in [9.17, 15) is 13.2 Å². The first-order chi connectivity index (χ1) is 10.1. The van der Waals surface area contributed by atoms with E-state index in [4.69, 9.17) is 5.26 Å². The molecule has 0 unspecified atom stereocenters. The van der Waals surface area contributed by atoms with Crippen LogP contribution in [0.1, 0.15) is 12.2 Å². The Hall–Kier alpha value is -2.81. The van der Waals surface area contributed by atoms with Gasteiger partial charge >= 0.3 is 6.55 Å². The van der Waals surface area contributed by atoms with Gasteiger partial charge in [0.25, 0.3) is 0 Å². The summed E-state index contributed by atoms with van der Waals surface area (Å²) < 4.78 is 40.0. The summed E-state index contributed by atoms with van der Waals surface area (Å²) in [6, 6.07) is 8.89. The van der Waals surface area contributed by atoms with Crippen molar-refractivity contribution >= 4 is 10.9 Å². The summed E-state index contributed by atoms with van der Waals surface area (Å²) in [7, 11) is 0. The lowest BCUT2D eigenvalue weighted by molar-refractivity contribution is 0.0699. The fourth-order valence-corrected chi connectivity index (χ4v) is 2.25. The summed E-state index contributed by atoms with van der Waals surface area (Å²) >= 11 is 0. The second-order valence-electron chi connectivity index (χ2n) is 4.44. The Morgan fingerprint density at radius 2 is 2.05 bits per heavy atom. The Kier molecular flexibility index (Phi) is 3.10. The van der Waals surface area contributed by atoms with Gasteiger partial charge < -0.3 is 0 Å². The topological polar surface area (TPSA) is 41.6 Å². The Morgan fingerprint density at radius 3 is 2.71 bits per heavy atom. The summed E-state index contributed by atoms with van der Waals surface area (Å²) in [5.41, 5.74) is 1.01. The Labute approximate surface area is 117 Å². The summed E-state index contributed by atoms with van der Waals surface area (Å²) in [5.74, 6) is -0.492. The molecule has 0 spiro atoms. The van der Waals surface area contributed by atoms with Crippen molar-refractivity contribution in [3.8, 4) is 17.2 Å². The maximum Gasteiger partial charge on any atom is 0.319 e. The van der Waals surface area contributed by atoms with E-state index in [1.165, 1.54) is 18.2 Å². The lowest BCUT2D eigenvalue weighted by Crippen LogP contribution is -1.98. The minimum Gasteiger partial charge on any atom is -0.282 e. The largest absolute Gasteiger partial charge is 0.319 e. The van der Waals surface area contributed by atoms with Crippen LogP contribution in [0.5, 0.6) is 0 Å². The third-order valence-electron chi connectivity index (χ3n) is 3.15. The molecule has 0 saturated heterocycles. The minimum atomic E-state index is -2.83. The van der Waals surface area contributed by atoms with Gasteiger partial charge in [0.05, 0.1) is 5.52 Å². The van der Waals surface area contributed by atoms with Gasteiger partial charge in [0.1, 0.15) is 17.6 Å². The number of alkyl halides is 2. The molecule has 0 amide bonds. The molecule has 104 valence electrons. The van der Waals surface area contributed by atoms with Crippen LogP contribution >= 0.6 is 0 Å². The van der Waals surface area contributed by atoms with E-state index in [1.54, 1.807) is 24.4 Å². The predicted octanol–water partition coefficient (Wildman–Crippen LogP) is 4.11. The van der Waals surface area contributed by atoms with Crippen LogP contribution in [0, 0.1) is 17.1 Å². The molecule has 3 aromatic rings. The molecule has 0 atom stereocenters. The molecule has 0 saturated carbocycles. The number of nitrogens with zero attached hydrogens (tertiary/aromatic N) is 3. The van der Waals surface area contributed by atoms with Crippen LogP contribution in [0.2, 0.25) is 0 Å². The zero-order chi connectivity index (χ0) is 15.0. The molecule has 0 aliphatic rings. The molecule has 3 nitrogen and oxygen atoms in total. The number of hydrogen-bond donors (Lipinski definition) is 0. The second-order valence-corrected chi connectivity index (χ2v) is 4.44. The first kappa shape index (κ1) is 13.2. The molecule has 2 heterocycles. The van der Waals surface area contributed by atoms with Crippen LogP contribution in [-0.4, -0.2) is 9.55 Å². The van der Waals surface area contributed by atoms with E-state index in [0.29, 0.717) is 26.6 Å². The van der Waals surface area contributed by atoms with Crippen molar-refractivity contribution in [1.29, 1.82) is 5.26 Å². The highest BCUT2D eigenvalue weighted by atomic mass is 19.3. The predicted molar refractivity (Wildman–Crippen MR) is 71.1 cm³/mol. The van der Waals surface area contributed by atoms with Gasteiger partial charge in [0, 0.05) is 28.9 Å². The number of benzene rings is 1. The molecule has 0 bridgehead atoms. The molecule has 0 fully saturated rings. The highest BCUT2D eigenvalue weighted by Gasteiger charge is 2.16. The Bertz CT molecular complexity index is 862. The number of fused-ring (bicyclic) bond motifs is 1. The Morgan fingerprint density at radius 1 is 1.24 bits per heavy atom. The number of halogens is 3. The van der Waals surface area contributed by atoms with Gasteiger partial charge in [-0.2, -0.15) is 14.0 Å². The third-order valence-corrected chi connectivity index (χ3v) is 3.15. The standard InChI is InChI=1S/C15H8F3N3/c16-11-4-9-2-1-3-20-14(9)13(6-11)10-5-12(7-19)21(8-10)15(17)18/h1-6,8,15H. The highest BCUT2D eigenvalue weighted by molar-refractivity contribution is 5.93. The molecular formula is C15H8F3N3. The van der Waals surface area contributed by atoms with Crippen LogP contribution in [0.15, 0.2) is 42.7 Å². The van der Waals surface area contributed by atoms with Crippen LogP contribution in [0.25, 0.3) is 22.0 Å². The van der Waals surface area contributed by atoms with Gasteiger partial charge in [-0.25, -0.2) is 4.39 Å². The number of hydrogen-bond acceptors (Lipinski definition) is 2. The summed E-state index contributed by atoms with van der Waals surface area (Å²) in [6.45, 7) is -2.83. The summed E-state index contributed by atoms with van der Waals surface area (Å²) in [4.78, 5) is 4.16. The summed E-state index contributed by atoms with van der Waals surface area (Å²) in [5, 5.41) is 9.47. The quantitative estimate of drug-likeness (QED) is 0.711.